The molecular formula is C41H28N6O2. The molecule has 234 valence electrons. The molecule has 1 saturated carbocycles. The average molecular weight is 637 g/mol. The van der Waals surface area contributed by atoms with Crippen molar-refractivity contribution >= 4 is 100 Å². The quantitative estimate of drug-likeness (QED) is 0.0855. The van der Waals surface area contributed by atoms with E-state index in [2.05, 4.69) is 59.2 Å². The first-order valence-corrected chi connectivity index (χ1v) is 16.9. The molecule has 13 rings (SSSR count). The maximum Gasteiger partial charge on any atom is 0.244 e. The van der Waals surface area contributed by atoms with E-state index in [9.17, 15) is 0 Å². The van der Waals surface area contributed by atoms with Crippen molar-refractivity contribution in [2.75, 3.05) is 28.2 Å². The van der Waals surface area contributed by atoms with Gasteiger partial charge < -0.3 is 9.80 Å². The first-order valence-electron chi connectivity index (χ1n) is 16.9. The van der Waals surface area contributed by atoms with E-state index >= 15 is 9.59 Å². The van der Waals surface area contributed by atoms with Gasteiger partial charge in [-0.3, -0.25) is 31.0 Å². The molecule has 2 atom stereocenters. The molecule has 1 spiro atoms. The van der Waals surface area contributed by atoms with E-state index in [4.69, 9.17) is 10.8 Å². The molecule has 0 bridgehead atoms. The molecular weight excluding hydrogens is 608 g/mol. The number of nitrogens with zero attached hydrogens (tertiary/aromatic N) is 2. The van der Waals surface area contributed by atoms with Crippen LogP contribution in [0.5, 0.6) is 0 Å². The highest BCUT2D eigenvalue weighted by Crippen LogP contribution is 2.90. The molecule has 7 aromatic carbocycles. The van der Waals surface area contributed by atoms with E-state index in [1.54, 1.807) is 38.0 Å². The molecule has 0 aromatic heterocycles. The van der Waals surface area contributed by atoms with E-state index in [1.165, 1.54) is 92.5 Å². The monoisotopic (exact) mass is 636 g/mol. The van der Waals surface area contributed by atoms with Gasteiger partial charge in [-0.1, -0.05) is 48.6 Å². The number of rotatable bonds is 2. The second kappa shape index (κ2) is 6.87. The third-order valence-corrected chi connectivity index (χ3v) is 13.6. The predicted octanol–water partition coefficient (Wildman–Crippen LogP) is 5.61. The Hall–Kier alpha value is -5.76. The van der Waals surface area contributed by atoms with Gasteiger partial charge in [0, 0.05) is 33.6 Å². The lowest BCUT2D eigenvalue weighted by molar-refractivity contribution is -0.137. The molecule has 0 saturated heterocycles. The topological polar surface area (TPSA) is 112 Å². The summed E-state index contributed by atoms with van der Waals surface area (Å²) in [5, 5.41) is 38.8. The zero-order valence-corrected chi connectivity index (χ0v) is 27.2. The zero-order chi connectivity index (χ0) is 33.0. The highest BCUT2D eigenvalue weighted by molar-refractivity contribution is 6.52. The summed E-state index contributed by atoms with van der Waals surface area (Å²) in [7, 11) is 6.85. The molecule has 0 aliphatic heterocycles. The van der Waals surface area contributed by atoms with Gasteiger partial charge in [0.15, 0.2) is 17.3 Å². The number of allylic oxidation sites excluding steroid dienone is 3. The summed E-state index contributed by atoms with van der Waals surface area (Å²) in [5.74, 6) is -1.18. The Kier molecular flexibility index (Phi) is 3.55. The summed E-state index contributed by atoms with van der Waals surface area (Å²) < 4.78 is 0. The van der Waals surface area contributed by atoms with Gasteiger partial charge in [0.05, 0.1) is 5.41 Å². The Balaban J connectivity index is 1.29. The van der Waals surface area contributed by atoms with Crippen molar-refractivity contribution in [2.45, 2.75) is 18.3 Å². The van der Waals surface area contributed by atoms with Crippen LogP contribution < -0.4 is 10.6 Å². The predicted molar refractivity (Wildman–Crippen MR) is 193 cm³/mol. The molecule has 8 heteroatoms. The van der Waals surface area contributed by atoms with Gasteiger partial charge in [-0.2, -0.15) is 0 Å². The van der Waals surface area contributed by atoms with Gasteiger partial charge >= 0.3 is 0 Å². The smallest absolute Gasteiger partial charge is 0.244 e. The van der Waals surface area contributed by atoms with Crippen LogP contribution in [-0.2, 0) is 27.8 Å². The van der Waals surface area contributed by atoms with E-state index < -0.39 is 28.1 Å². The molecule has 0 radical (unpaired) electrons. The molecule has 2 amide bonds. The Labute approximate surface area is 279 Å². The summed E-state index contributed by atoms with van der Waals surface area (Å²) in [5.41, 5.74) is 5.85. The number of carbonyl (C=O) groups is 2. The van der Waals surface area contributed by atoms with Crippen LogP contribution in [0.2, 0.25) is 0 Å². The molecule has 1 fully saturated rings. The number of hydrogen-bond acceptors (Lipinski definition) is 4. The lowest BCUT2D eigenvalue weighted by Crippen LogP contribution is -2.54. The molecule has 2 unspecified atom stereocenters. The van der Waals surface area contributed by atoms with Gasteiger partial charge in [0.2, 0.25) is 11.8 Å². The molecule has 6 aliphatic rings. The van der Waals surface area contributed by atoms with Crippen LogP contribution in [0.4, 0.5) is 0 Å². The maximum absolute atomic E-state index is 15.3. The summed E-state index contributed by atoms with van der Waals surface area (Å²) in [6.07, 6.45) is 8.11. The van der Waals surface area contributed by atoms with Crippen molar-refractivity contribution in [1.82, 2.24) is 20.4 Å². The normalized spacial score (nSPS) is 25.2. The Morgan fingerprint density at radius 1 is 0.673 bits per heavy atom. The summed E-state index contributed by atoms with van der Waals surface area (Å²) >= 11 is 0. The van der Waals surface area contributed by atoms with E-state index in [0.29, 0.717) is 0 Å². The third kappa shape index (κ3) is 2.04. The van der Waals surface area contributed by atoms with Crippen LogP contribution in [0.3, 0.4) is 0 Å². The van der Waals surface area contributed by atoms with Gasteiger partial charge in [0.1, 0.15) is 0 Å². The second-order valence-corrected chi connectivity index (χ2v) is 15.7. The number of benzene rings is 6. The summed E-state index contributed by atoms with van der Waals surface area (Å²) in [4.78, 5) is 33.6. The van der Waals surface area contributed by atoms with Gasteiger partial charge in [0.25, 0.3) is 0 Å². The lowest BCUT2D eigenvalue weighted by Gasteiger charge is -2.30. The zero-order valence-electron chi connectivity index (χ0n) is 27.2. The minimum absolute atomic E-state index is 0.0802. The molecule has 4 N–H and O–H groups in total. The highest BCUT2D eigenvalue weighted by atomic mass is 16.2. The Morgan fingerprint density at radius 3 is 1.88 bits per heavy atom. The lowest BCUT2D eigenvalue weighted by atomic mass is 9.71. The van der Waals surface area contributed by atoms with Crippen LogP contribution in [-0.4, -0.2) is 61.7 Å². The molecule has 49 heavy (non-hydrogen) atoms. The van der Waals surface area contributed by atoms with Crippen molar-refractivity contribution in [3.8, 4) is 0 Å². The first-order chi connectivity index (χ1) is 23.6. The van der Waals surface area contributed by atoms with Crippen molar-refractivity contribution in [1.29, 1.82) is 10.8 Å². The number of nitrogens with one attached hydrogen (secondary N) is 4. The van der Waals surface area contributed by atoms with Crippen molar-refractivity contribution in [3.63, 3.8) is 0 Å². The Morgan fingerprint density at radius 2 is 1.22 bits per heavy atom. The maximum atomic E-state index is 15.3. The number of hydrogen-bond donors (Lipinski definition) is 4. The van der Waals surface area contributed by atoms with Crippen LogP contribution in [0, 0.1) is 21.6 Å². The van der Waals surface area contributed by atoms with E-state index in [-0.39, 0.29) is 11.9 Å². The molecule has 7 aromatic rings. The molecule has 8 nitrogen and oxygen atoms in total. The van der Waals surface area contributed by atoms with Gasteiger partial charge in [-0.15, -0.1) is 0 Å². The fraction of sp³-hybridized carbons (Fsp3) is 0.220. The Bertz CT molecular complexity index is 3000. The third-order valence-electron chi connectivity index (χ3n) is 13.6. The van der Waals surface area contributed by atoms with Gasteiger partial charge in [-0.05, 0) is 122 Å². The summed E-state index contributed by atoms with van der Waals surface area (Å²) in [6.45, 7) is 0. The SMILES string of the molecule is CN(C)C(=N)NC(=O)C1(C(=O)NC(=N)N(C)C)C23C=Cc4cc5c6c7c4C21c1c2c4c(cc8ccc9cc(c6c6c9c8c4c6c17)C5)CC2=C3. The first kappa shape index (κ1) is 25.3. The molecule has 6 aliphatic carbocycles. The largest absolute Gasteiger partial charge is 0.349 e. The van der Waals surface area contributed by atoms with Crippen LogP contribution in [0.1, 0.15) is 38.9 Å². The van der Waals surface area contributed by atoms with E-state index in [0.717, 1.165) is 29.5 Å². The standard InChI is InChI=1S/C41H28N6O2/c1-46(2)37(42)44-35(48)41(36(49)45-38(43)47(3)4)39-8-7-17-11-20-12-18-9-15-5-6-16-10-19-13-21(14-39)27-26(19)29-23(16)22(15)28-24(18)25(20)31-32(30(28)29)34(27)40(39,41)33(17)31/h5-11,14H,12-13H2,1-4H3,(H2,42,44,48)(H2,43,45,49). The minimum atomic E-state index is -1.68. The van der Waals surface area contributed by atoms with E-state index in [1.807, 2.05) is 0 Å². The van der Waals surface area contributed by atoms with Crippen molar-refractivity contribution in [3.05, 3.63) is 81.4 Å². The number of carbonyl (C=O) groups excluding carboxylic acids is 2. The van der Waals surface area contributed by atoms with Crippen LogP contribution in [0.25, 0.3) is 76.3 Å². The highest BCUT2D eigenvalue weighted by Gasteiger charge is 2.96. The second-order valence-electron chi connectivity index (χ2n) is 15.7. The number of guanidine groups is 2. The average Bonchev–Trinajstić information content (AvgIpc) is 3.52. The van der Waals surface area contributed by atoms with Crippen LogP contribution >= 0.6 is 0 Å². The number of amides is 2. The van der Waals surface area contributed by atoms with Crippen molar-refractivity contribution < 1.29 is 9.59 Å². The fourth-order valence-corrected chi connectivity index (χ4v) is 12.1. The molecule has 0 heterocycles. The fourth-order valence-electron chi connectivity index (χ4n) is 12.1. The minimum Gasteiger partial charge on any atom is -0.349 e. The van der Waals surface area contributed by atoms with Crippen molar-refractivity contribution in [2.24, 2.45) is 10.8 Å². The summed E-state index contributed by atoms with van der Waals surface area (Å²) in [6, 6.07) is 11.7. The van der Waals surface area contributed by atoms with Crippen LogP contribution in [0.15, 0.2) is 42.5 Å². The van der Waals surface area contributed by atoms with Gasteiger partial charge in [-0.25, -0.2) is 0 Å².